The van der Waals surface area contributed by atoms with Gasteiger partial charge in [0.1, 0.15) is 6.10 Å². The van der Waals surface area contributed by atoms with Gasteiger partial charge in [-0.05, 0) is 12.8 Å². The number of nitrogens with one attached hydrogen (secondary N) is 1. The van der Waals surface area contributed by atoms with Crippen LogP contribution in [0.2, 0.25) is 0 Å². The molecule has 0 aromatic heterocycles. The molecule has 1 amide bonds. The van der Waals surface area contributed by atoms with Crippen LogP contribution in [0.4, 0.5) is 0 Å². The van der Waals surface area contributed by atoms with Crippen molar-refractivity contribution in [2.45, 2.75) is 39.2 Å². The Kier molecular flexibility index (Phi) is 6.70. The average Bonchev–Trinajstić information content (AvgIpc) is 2.11. The molecule has 12 heavy (non-hydrogen) atoms. The maximum atomic E-state index is 10.9. The Bertz CT molecular complexity index is 127. The predicted molar refractivity (Wildman–Crippen MR) is 44.9 cm³/mol. The van der Waals surface area contributed by atoms with Gasteiger partial charge in [0.05, 0.1) is 0 Å². The largest absolute Gasteiger partial charge is 0.368 e. The van der Waals surface area contributed by atoms with E-state index in [1.807, 2.05) is 6.92 Å². The fraction of sp³-hybridized carbons (Fsp3) is 0.875. The fourth-order valence-electron chi connectivity index (χ4n) is 0.821. The number of carbonyl (C=O) groups is 1. The number of rotatable bonds is 6. The van der Waals surface area contributed by atoms with E-state index in [9.17, 15) is 4.79 Å². The van der Waals surface area contributed by atoms with E-state index in [2.05, 4.69) is 6.92 Å². The lowest BCUT2D eigenvalue weighted by Crippen LogP contribution is -2.34. The Morgan fingerprint density at radius 2 is 2.25 bits per heavy atom. The van der Waals surface area contributed by atoms with Gasteiger partial charge in [-0.15, -0.1) is 0 Å². The van der Waals surface area contributed by atoms with Crippen LogP contribution < -0.4 is 5.48 Å². The van der Waals surface area contributed by atoms with Gasteiger partial charge in [-0.3, -0.25) is 10.0 Å². The highest BCUT2D eigenvalue weighted by molar-refractivity contribution is 5.79. The molecule has 0 saturated carbocycles. The molecule has 0 aliphatic carbocycles. The summed E-state index contributed by atoms with van der Waals surface area (Å²) in [4.78, 5) is 10.9. The molecule has 72 valence electrons. The van der Waals surface area contributed by atoms with Crippen molar-refractivity contribution in [2.24, 2.45) is 0 Å². The van der Waals surface area contributed by atoms with Crippen molar-refractivity contribution in [1.29, 1.82) is 0 Å². The van der Waals surface area contributed by atoms with E-state index in [0.29, 0.717) is 13.0 Å². The highest BCUT2D eigenvalue weighted by Gasteiger charge is 2.15. The van der Waals surface area contributed by atoms with Crippen molar-refractivity contribution >= 4 is 5.91 Å². The third kappa shape index (κ3) is 4.31. The summed E-state index contributed by atoms with van der Waals surface area (Å²) in [5.74, 6) is -0.464. The molecule has 4 heteroatoms. The van der Waals surface area contributed by atoms with E-state index >= 15 is 0 Å². The molecule has 1 unspecified atom stereocenters. The molecular weight excluding hydrogens is 158 g/mol. The standard InChI is InChI=1S/C8H17NO3/c1-3-5-6-12-7(4-2)8(10)9-11/h7,11H,3-6H2,1-2H3,(H,9,10). The van der Waals surface area contributed by atoms with Crippen molar-refractivity contribution in [3.63, 3.8) is 0 Å². The Morgan fingerprint density at radius 3 is 2.67 bits per heavy atom. The zero-order chi connectivity index (χ0) is 9.40. The molecular formula is C8H17NO3. The van der Waals surface area contributed by atoms with Crippen LogP contribution in [0.5, 0.6) is 0 Å². The smallest absolute Gasteiger partial charge is 0.272 e. The fourth-order valence-corrected chi connectivity index (χ4v) is 0.821. The van der Waals surface area contributed by atoms with Crippen LogP contribution in [0.3, 0.4) is 0 Å². The first-order valence-corrected chi connectivity index (χ1v) is 4.31. The molecule has 0 radical (unpaired) electrons. The van der Waals surface area contributed by atoms with Gasteiger partial charge in [-0.2, -0.15) is 0 Å². The number of hydrogen-bond acceptors (Lipinski definition) is 3. The van der Waals surface area contributed by atoms with E-state index in [-0.39, 0.29) is 0 Å². The quantitative estimate of drug-likeness (QED) is 0.361. The van der Waals surface area contributed by atoms with Gasteiger partial charge in [0.15, 0.2) is 0 Å². The minimum absolute atomic E-state index is 0.464. The van der Waals surface area contributed by atoms with E-state index < -0.39 is 12.0 Å². The minimum Gasteiger partial charge on any atom is -0.368 e. The van der Waals surface area contributed by atoms with Crippen molar-refractivity contribution in [1.82, 2.24) is 5.48 Å². The lowest BCUT2D eigenvalue weighted by molar-refractivity contribution is -0.141. The molecule has 0 heterocycles. The van der Waals surface area contributed by atoms with Crippen molar-refractivity contribution in [3.8, 4) is 0 Å². The van der Waals surface area contributed by atoms with Crippen LogP contribution in [0.25, 0.3) is 0 Å². The summed E-state index contributed by atoms with van der Waals surface area (Å²) in [6.07, 6.45) is 2.05. The van der Waals surface area contributed by atoms with E-state index in [1.165, 1.54) is 0 Å². The Labute approximate surface area is 72.9 Å². The van der Waals surface area contributed by atoms with Gasteiger partial charge in [-0.25, -0.2) is 5.48 Å². The molecule has 0 saturated heterocycles. The third-order valence-electron chi connectivity index (χ3n) is 1.59. The van der Waals surface area contributed by atoms with E-state index in [0.717, 1.165) is 12.8 Å². The number of unbranched alkanes of at least 4 members (excludes halogenated alkanes) is 1. The minimum atomic E-state index is -0.512. The van der Waals surface area contributed by atoms with Gasteiger partial charge in [0.2, 0.25) is 0 Å². The van der Waals surface area contributed by atoms with Crippen LogP contribution >= 0.6 is 0 Å². The Balaban J connectivity index is 3.60. The summed E-state index contributed by atoms with van der Waals surface area (Å²) in [7, 11) is 0. The van der Waals surface area contributed by atoms with Crippen molar-refractivity contribution in [3.05, 3.63) is 0 Å². The molecule has 2 N–H and O–H groups in total. The number of amides is 1. The average molecular weight is 175 g/mol. The first-order chi connectivity index (χ1) is 5.76. The highest BCUT2D eigenvalue weighted by Crippen LogP contribution is 1.99. The maximum Gasteiger partial charge on any atom is 0.272 e. The first-order valence-electron chi connectivity index (χ1n) is 4.31. The second-order valence-electron chi connectivity index (χ2n) is 2.60. The predicted octanol–water partition coefficient (Wildman–Crippen LogP) is 1.09. The topological polar surface area (TPSA) is 58.6 Å². The van der Waals surface area contributed by atoms with Crippen LogP contribution in [-0.2, 0) is 9.53 Å². The summed E-state index contributed by atoms with van der Waals surface area (Å²) in [6, 6.07) is 0. The number of hydrogen-bond donors (Lipinski definition) is 2. The van der Waals surface area contributed by atoms with Gasteiger partial charge in [0.25, 0.3) is 5.91 Å². The van der Waals surface area contributed by atoms with Crippen LogP contribution in [0.15, 0.2) is 0 Å². The summed E-state index contributed by atoms with van der Waals surface area (Å²) in [5.41, 5.74) is 1.58. The molecule has 0 aliphatic heterocycles. The molecule has 0 rings (SSSR count). The third-order valence-corrected chi connectivity index (χ3v) is 1.59. The molecule has 0 spiro atoms. The highest BCUT2D eigenvalue weighted by atomic mass is 16.5. The summed E-state index contributed by atoms with van der Waals surface area (Å²) in [6.45, 7) is 4.46. The SMILES string of the molecule is CCCCOC(CC)C(=O)NO. The van der Waals surface area contributed by atoms with E-state index in [1.54, 1.807) is 5.48 Å². The second-order valence-corrected chi connectivity index (χ2v) is 2.60. The molecule has 0 fully saturated rings. The molecule has 4 nitrogen and oxygen atoms in total. The van der Waals surface area contributed by atoms with Gasteiger partial charge < -0.3 is 4.74 Å². The molecule has 0 aliphatic rings. The van der Waals surface area contributed by atoms with Crippen LogP contribution in [0.1, 0.15) is 33.1 Å². The molecule has 0 aromatic carbocycles. The molecule has 1 atom stereocenters. The summed E-state index contributed by atoms with van der Waals surface area (Å²) >= 11 is 0. The van der Waals surface area contributed by atoms with Gasteiger partial charge >= 0.3 is 0 Å². The first kappa shape index (κ1) is 11.4. The summed E-state index contributed by atoms with van der Waals surface area (Å²) < 4.78 is 5.21. The maximum absolute atomic E-state index is 10.9. The van der Waals surface area contributed by atoms with Gasteiger partial charge in [0, 0.05) is 6.61 Å². The zero-order valence-corrected chi connectivity index (χ0v) is 7.67. The molecule has 0 bridgehead atoms. The monoisotopic (exact) mass is 175 g/mol. The summed E-state index contributed by atoms with van der Waals surface area (Å²) in [5, 5.41) is 8.31. The number of hydroxylamine groups is 1. The number of ether oxygens (including phenoxy) is 1. The number of carbonyl (C=O) groups excluding carboxylic acids is 1. The van der Waals surface area contributed by atoms with Crippen LogP contribution in [-0.4, -0.2) is 23.8 Å². The van der Waals surface area contributed by atoms with Crippen molar-refractivity contribution in [2.75, 3.05) is 6.61 Å². The van der Waals surface area contributed by atoms with Gasteiger partial charge in [-0.1, -0.05) is 20.3 Å². The van der Waals surface area contributed by atoms with Crippen LogP contribution in [0, 0.1) is 0 Å². The van der Waals surface area contributed by atoms with Crippen molar-refractivity contribution < 1.29 is 14.7 Å². The Hall–Kier alpha value is -0.610. The second kappa shape index (κ2) is 7.06. The molecule has 0 aromatic rings. The van der Waals surface area contributed by atoms with E-state index in [4.69, 9.17) is 9.94 Å². The normalized spacial score (nSPS) is 12.6. The Morgan fingerprint density at radius 1 is 1.58 bits per heavy atom. The zero-order valence-electron chi connectivity index (χ0n) is 7.67. The lowest BCUT2D eigenvalue weighted by atomic mass is 10.2. The lowest BCUT2D eigenvalue weighted by Gasteiger charge is -2.12.